The monoisotopic (exact) mass is 250 g/mol. The zero-order valence-corrected chi connectivity index (χ0v) is 10.7. The molecule has 0 spiro atoms. The summed E-state index contributed by atoms with van der Waals surface area (Å²) < 4.78 is 1.63. The van der Waals surface area contributed by atoms with Gasteiger partial charge in [0.05, 0.1) is 16.6 Å². The molecule has 0 atom stereocenters. The van der Waals surface area contributed by atoms with E-state index in [1.54, 1.807) is 10.9 Å². The standard InChI is InChI=1S/C16H14N2O/c1-2-12-7-3-6-10-15(12)18-11-17-14-9-5-4-8-13(14)16(18)19/h3-11H,2H2,1H3. The van der Waals surface area contributed by atoms with Gasteiger partial charge < -0.3 is 0 Å². The lowest BCUT2D eigenvalue weighted by Crippen LogP contribution is -2.19. The molecular weight excluding hydrogens is 236 g/mol. The second-order valence-electron chi connectivity index (χ2n) is 4.42. The average Bonchev–Trinajstić information content (AvgIpc) is 2.48. The molecule has 3 aromatic rings. The highest BCUT2D eigenvalue weighted by atomic mass is 16.1. The first-order valence-electron chi connectivity index (χ1n) is 6.36. The molecule has 3 nitrogen and oxygen atoms in total. The number of benzene rings is 2. The first-order valence-corrected chi connectivity index (χ1v) is 6.36. The van der Waals surface area contributed by atoms with Crippen molar-refractivity contribution in [3.8, 4) is 5.69 Å². The predicted octanol–water partition coefficient (Wildman–Crippen LogP) is 2.95. The van der Waals surface area contributed by atoms with Crippen LogP contribution in [0.2, 0.25) is 0 Å². The van der Waals surface area contributed by atoms with Crippen molar-refractivity contribution in [2.45, 2.75) is 13.3 Å². The highest BCUT2D eigenvalue weighted by molar-refractivity contribution is 5.77. The van der Waals surface area contributed by atoms with Crippen molar-refractivity contribution >= 4 is 10.9 Å². The van der Waals surface area contributed by atoms with Crippen molar-refractivity contribution in [1.82, 2.24) is 9.55 Å². The number of para-hydroxylation sites is 2. The van der Waals surface area contributed by atoms with E-state index in [0.29, 0.717) is 5.39 Å². The summed E-state index contributed by atoms with van der Waals surface area (Å²) in [5.41, 5.74) is 2.76. The van der Waals surface area contributed by atoms with Crippen molar-refractivity contribution in [2.24, 2.45) is 0 Å². The van der Waals surface area contributed by atoms with E-state index in [4.69, 9.17) is 0 Å². The lowest BCUT2D eigenvalue weighted by Gasteiger charge is -2.10. The number of nitrogens with zero attached hydrogens (tertiary/aromatic N) is 2. The summed E-state index contributed by atoms with van der Waals surface area (Å²) in [6.45, 7) is 2.08. The van der Waals surface area contributed by atoms with Gasteiger partial charge in [0.15, 0.2) is 0 Å². The number of hydrogen-bond donors (Lipinski definition) is 0. The molecule has 0 aliphatic heterocycles. The molecule has 19 heavy (non-hydrogen) atoms. The molecule has 0 saturated heterocycles. The number of aromatic nitrogens is 2. The first kappa shape index (κ1) is 11.7. The van der Waals surface area contributed by atoms with Gasteiger partial charge in [0.25, 0.3) is 5.56 Å². The van der Waals surface area contributed by atoms with Crippen LogP contribution in [0.3, 0.4) is 0 Å². The molecular formula is C16H14N2O. The van der Waals surface area contributed by atoms with Crippen LogP contribution in [0, 0.1) is 0 Å². The molecule has 0 amide bonds. The van der Waals surface area contributed by atoms with Crippen molar-refractivity contribution < 1.29 is 0 Å². The van der Waals surface area contributed by atoms with Crippen LogP contribution in [-0.4, -0.2) is 9.55 Å². The first-order chi connectivity index (χ1) is 9.31. The third-order valence-electron chi connectivity index (χ3n) is 3.30. The van der Waals surface area contributed by atoms with Crippen LogP contribution in [0.1, 0.15) is 12.5 Å². The lowest BCUT2D eigenvalue weighted by atomic mass is 10.1. The normalized spacial score (nSPS) is 10.8. The number of fused-ring (bicyclic) bond motifs is 1. The van der Waals surface area contributed by atoms with Gasteiger partial charge in [-0.1, -0.05) is 37.3 Å². The Balaban J connectivity index is 2.32. The maximum atomic E-state index is 12.5. The lowest BCUT2D eigenvalue weighted by molar-refractivity contribution is 0.935. The summed E-state index contributed by atoms with van der Waals surface area (Å²) in [7, 11) is 0. The molecule has 0 unspecified atom stereocenters. The van der Waals surface area contributed by atoms with E-state index >= 15 is 0 Å². The van der Waals surface area contributed by atoms with Crippen LogP contribution in [0.25, 0.3) is 16.6 Å². The van der Waals surface area contributed by atoms with Crippen molar-refractivity contribution in [2.75, 3.05) is 0 Å². The van der Waals surface area contributed by atoms with Gasteiger partial charge >= 0.3 is 0 Å². The van der Waals surface area contributed by atoms with Crippen LogP contribution in [0.15, 0.2) is 59.7 Å². The Bertz CT molecular complexity index is 790. The second-order valence-corrected chi connectivity index (χ2v) is 4.42. The van der Waals surface area contributed by atoms with E-state index in [0.717, 1.165) is 23.2 Å². The third kappa shape index (κ3) is 1.93. The molecule has 0 aliphatic rings. The molecule has 3 rings (SSSR count). The quantitative estimate of drug-likeness (QED) is 0.701. The number of aryl methyl sites for hydroxylation is 1. The van der Waals surface area contributed by atoms with E-state index in [1.807, 2.05) is 48.5 Å². The Hall–Kier alpha value is -2.42. The Morgan fingerprint density at radius 2 is 1.79 bits per heavy atom. The van der Waals surface area contributed by atoms with Gasteiger partial charge in [-0.2, -0.15) is 0 Å². The van der Waals surface area contributed by atoms with Gasteiger partial charge in [0.2, 0.25) is 0 Å². The summed E-state index contributed by atoms with van der Waals surface area (Å²) in [6.07, 6.45) is 2.49. The van der Waals surface area contributed by atoms with Gasteiger partial charge in [-0.25, -0.2) is 4.98 Å². The number of hydrogen-bond acceptors (Lipinski definition) is 2. The summed E-state index contributed by atoms with van der Waals surface area (Å²) in [4.78, 5) is 16.9. The van der Waals surface area contributed by atoms with Crippen LogP contribution in [-0.2, 0) is 6.42 Å². The molecule has 0 N–H and O–H groups in total. The molecule has 0 radical (unpaired) electrons. The van der Waals surface area contributed by atoms with Gasteiger partial charge in [0.1, 0.15) is 6.33 Å². The predicted molar refractivity (Wildman–Crippen MR) is 76.7 cm³/mol. The summed E-state index contributed by atoms with van der Waals surface area (Å²) in [5.74, 6) is 0. The van der Waals surface area contributed by atoms with Crippen molar-refractivity contribution in [3.05, 3.63) is 70.8 Å². The molecule has 3 heteroatoms. The zero-order valence-electron chi connectivity index (χ0n) is 10.7. The maximum Gasteiger partial charge on any atom is 0.265 e. The Morgan fingerprint density at radius 3 is 2.63 bits per heavy atom. The fraction of sp³-hybridized carbons (Fsp3) is 0.125. The molecule has 0 bridgehead atoms. The SMILES string of the molecule is CCc1ccccc1-n1cnc2ccccc2c1=O. The summed E-state index contributed by atoms with van der Waals surface area (Å²) in [6, 6.07) is 15.3. The van der Waals surface area contributed by atoms with Crippen LogP contribution in [0.4, 0.5) is 0 Å². The van der Waals surface area contributed by atoms with Crippen molar-refractivity contribution in [1.29, 1.82) is 0 Å². The summed E-state index contributed by atoms with van der Waals surface area (Å²) in [5, 5.41) is 0.649. The zero-order chi connectivity index (χ0) is 13.2. The molecule has 0 aliphatic carbocycles. The van der Waals surface area contributed by atoms with E-state index < -0.39 is 0 Å². The smallest absolute Gasteiger partial charge is 0.265 e. The van der Waals surface area contributed by atoms with E-state index in [1.165, 1.54) is 0 Å². The summed E-state index contributed by atoms with van der Waals surface area (Å²) >= 11 is 0. The van der Waals surface area contributed by atoms with Gasteiger partial charge in [0, 0.05) is 0 Å². The number of rotatable bonds is 2. The largest absolute Gasteiger partial charge is 0.268 e. The average molecular weight is 250 g/mol. The Morgan fingerprint density at radius 1 is 1.05 bits per heavy atom. The van der Waals surface area contributed by atoms with E-state index in [9.17, 15) is 4.79 Å². The molecule has 1 heterocycles. The van der Waals surface area contributed by atoms with Gasteiger partial charge in [-0.3, -0.25) is 9.36 Å². The molecule has 94 valence electrons. The molecule has 2 aromatic carbocycles. The van der Waals surface area contributed by atoms with Crippen LogP contribution < -0.4 is 5.56 Å². The van der Waals surface area contributed by atoms with E-state index in [-0.39, 0.29) is 5.56 Å². The maximum absolute atomic E-state index is 12.5. The highest BCUT2D eigenvalue weighted by Gasteiger charge is 2.07. The fourth-order valence-electron chi connectivity index (χ4n) is 2.29. The third-order valence-corrected chi connectivity index (χ3v) is 3.30. The van der Waals surface area contributed by atoms with Crippen molar-refractivity contribution in [3.63, 3.8) is 0 Å². The highest BCUT2D eigenvalue weighted by Crippen LogP contribution is 2.14. The van der Waals surface area contributed by atoms with Crippen LogP contribution >= 0.6 is 0 Å². The second kappa shape index (κ2) is 4.69. The minimum atomic E-state index is -0.0218. The van der Waals surface area contributed by atoms with E-state index in [2.05, 4.69) is 11.9 Å². The molecule has 0 fully saturated rings. The van der Waals surface area contributed by atoms with Crippen LogP contribution in [0.5, 0.6) is 0 Å². The minimum Gasteiger partial charge on any atom is -0.268 e. The Labute approximate surface area is 111 Å². The Kier molecular flexibility index (Phi) is 2.88. The molecule has 0 saturated carbocycles. The van der Waals surface area contributed by atoms with Gasteiger partial charge in [-0.15, -0.1) is 0 Å². The minimum absolute atomic E-state index is 0.0218. The topological polar surface area (TPSA) is 34.9 Å². The van der Waals surface area contributed by atoms with Gasteiger partial charge in [-0.05, 0) is 30.2 Å². The fourth-order valence-corrected chi connectivity index (χ4v) is 2.29. The molecule has 1 aromatic heterocycles.